The van der Waals surface area contributed by atoms with E-state index in [1.165, 1.54) is 12.3 Å². The van der Waals surface area contributed by atoms with E-state index in [4.69, 9.17) is 0 Å². The Balaban J connectivity index is 2.02. The van der Waals surface area contributed by atoms with Crippen molar-refractivity contribution in [2.75, 3.05) is 18.0 Å². The topological polar surface area (TPSA) is 44.8 Å². The van der Waals surface area contributed by atoms with Crippen LogP contribution in [0.5, 0.6) is 0 Å². The molecule has 120 valence electrons. The molecular weight excluding hydrogens is 314 g/mol. The van der Waals surface area contributed by atoms with Crippen LogP contribution >= 0.6 is 0 Å². The number of fused-ring (bicyclic) bond motifs is 1. The van der Waals surface area contributed by atoms with E-state index in [-0.39, 0.29) is 12.4 Å². The van der Waals surface area contributed by atoms with Crippen LogP contribution in [0.4, 0.5) is 32.2 Å². The number of aromatic nitrogens is 3. The normalized spacial score (nSPS) is 19.1. The molecule has 3 rings (SSSR count). The van der Waals surface area contributed by atoms with Crippen molar-refractivity contribution in [1.29, 1.82) is 0 Å². The smallest absolute Gasteiger partial charge is 0.355 e. The number of H-pyrrole nitrogens is 1. The van der Waals surface area contributed by atoms with Gasteiger partial charge in [-0.3, -0.25) is 0 Å². The van der Waals surface area contributed by atoms with E-state index in [0.717, 1.165) is 11.2 Å². The summed E-state index contributed by atoms with van der Waals surface area (Å²) in [5.41, 5.74) is -3.37. The predicted molar refractivity (Wildman–Crippen MR) is 65.3 cm³/mol. The first kappa shape index (κ1) is 14.9. The number of hydrogen-bond donors (Lipinski definition) is 1. The minimum Gasteiger partial charge on any atom is -0.355 e. The van der Waals surface area contributed by atoms with E-state index in [2.05, 4.69) is 15.0 Å². The summed E-state index contributed by atoms with van der Waals surface area (Å²) in [6.07, 6.45) is -9.18. The zero-order valence-electron chi connectivity index (χ0n) is 11.0. The predicted octanol–water partition coefficient (Wildman–Crippen LogP) is 3.28. The van der Waals surface area contributed by atoms with Gasteiger partial charge in [-0.1, -0.05) is 0 Å². The summed E-state index contributed by atoms with van der Waals surface area (Å²) in [5, 5.41) is 0.391. The Morgan fingerprint density at radius 1 is 1.09 bits per heavy atom. The highest BCUT2D eigenvalue weighted by Gasteiger charge is 2.72. The van der Waals surface area contributed by atoms with Crippen molar-refractivity contribution in [3.8, 4) is 0 Å². The molecule has 0 aromatic carbocycles. The molecule has 1 saturated heterocycles. The van der Waals surface area contributed by atoms with Gasteiger partial charge in [0.1, 0.15) is 17.8 Å². The zero-order chi connectivity index (χ0) is 16.2. The molecular formula is C12H10F6N4. The number of rotatable bonds is 1. The van der Waals surface area contributed by atoms with E-state index in [1.807, 2.05) is 0 Å². The third-order valence-electron chi connectivity index (χ3n) is 3.99. The Morgan fingerprint density at radius 3 is 2.36 bits per heavy atom. The molecule has 0 unspecified atom stereocenters. The van der Waals surface area contributed by atoms with Crippen molar-refractivity contribution in [3.05, 3.63) is 18.6 Å². The lowest BCUT2D eigenvalue weighted by atomic mass is 9.85. The first-order valence-electron chi connectivity index (χ1n) is 6.32. The molecule has 0 saturated carbocycles. The summed E-state index contributed by atoms with van der Waals surface area (Å²) >= 11 is 0. The average molecular weight is 324 g/mol. The summed E-state index contributed by atoms with van der Waals surface area (Å²) in [6, 6.07) is 1.52. The molecule has 4 nitrogen and oxygen atoms in total. The Kier molecular flexibility index (Phi) is 3.05. The highest BCUT2D eigenvalue weighted by Crippen LogP contribution is 2.56. The lowest BCUT2D eigenvalue weighted by Crippen LogP contribution is -2.51. The lowest BCUT2D eigenvalue weighted by Gasteiger charge is -2.33. The first-order chi connectivity index (χ1) is 10.2. The number of anilines is 1. The number of alkyl halides is 6. The first-order valence-corrected chi connectivity index (χ1v) is 6.32. The molecule has 1 aliphatic rings. The van der Waals surface area contributed by atoms with Crippen LogP contribution in [0.1, 0.15) is 6.42 Å². The van der Waals surface area contributed by atoms with Gasteiger partial charge in [-0.2, -0.15) is 26.3 Å². The van der Waals surface area contributed by atoms with Gasteiger partial charge in [0.15, 0.2) is 5.41 Å². The third-order valence-corrected chi connectivity index (χ3v) is 3.99. The molecule has 0 spiro atoms. The van der Waals surface area contributed by atoms with Gasteiger partial charge < -0.3 is 9.88 Å². The highest BCUT2D eigenvalue weighted by molar-refractivity contribution is 5.87. The summed E-state index contributed by atoms with van der Waals surface area (Å²) < 4.78 is 78.4. The summed E-state index contributed by atoms with van der Waals surface area (Å²) in [5.74, 6) is 0.0709. The number of nitrogens with one attached hydrogen (secondary N) is 1. The van der Waals surface area contributed by atoms with Crippen LogP contribution in [0.25, 0.3) is 11.0 Å². The van der Waals surface area contributed by atoms with Crippen molar-refractivity contribution in [3.63, 3.8) is 0 Å². The zero-order valence-corrected chi connectivity index (χ0v) is 11.0. The third kappa shape index (κ3) is 2.00. The second kappa shape index (κ2) is 4.50. The second-order valence-electron chi connectivity index (χ2n) is 5.19. The van der Waals surface area contributed by atoms with Crippen LogP contribution in [0.15, 0.2) is 18.6 Å². The van der Waals surface area contributed by atoms with Gasteiger partial charge in [-0.05, 0) is 12.5 Å². The monoisotopic (exact) mass is 324 g/mol. The SMILES string of the molecule is FC(F)(F)C1(C(F)(F)F)CCN(c2ncnc3[nH]ccc23)C1. The van der Waals surface area contributed by atoms with Crippen molar-refractivity contribution in [1.82, 2.24) is 15.0 Å². The Bertz CT molecular complexity index is 675. The van der Waals surface area contributed by atoms with Gasteiger partial charge >= 0.3 is 12.4 Å². The van der Waals surface area contributed by atoms with E-state index in [1.54, 1.807) is 0 Å². The molecule has 2 aromatic heterocycles. The molecule has 1 N–H and O–H groups in total. The molecule has 0 amide bonds. The molecule has 0 radical (unpaired) electrons. The summed E-state index contributed by atoms with van der Waals surface area (Å²) in [6.45, 7) is -1.58. The van der Waals surface area contributed by atoms with Crippen LogP contribution in [0, 0.1) is 5.41 Å². The number of hydrogen-bond acceptors (Lipinski definition) is 3. The highest BCUT2D eigenvalue weighted by atomic mass is 19.4. The molecule has 2 aromatic rings. The van der Waals surface area contributed by atoms with E-state index >= 15 is 0 Å². The van der Waals surface area contributed by atoms with Crippen LogP contribution in [0.2, 0.25) is 0 Å². The van der Waals surface area contributed by atoms with Crippen molar-refractivity contribution >= 4 is 16.9 Å². The molecule has 1 fully saturated rings. The molecule has 1 aliphatic heterocycles. The van der Waals surface area contributed by atoms with Gasteiger partial charge in [0, 0.05) is 19.3 Å². The minimum absolute atomic E-state index is 0.0709. The van der Waals surface area contributed by atoms with Gasteiger partial charge in [-0.25, -0.2) is 9.97 Å². The molecule has 3 heterocycles. The summed E-state index contributed by atoms with van der Waals surface area (Å²) in [4.78, 5) is 11.5. The maximum Gasteiger partial charge on any atom is 0.404 e. The van der Waals surface area contributed by atoms with Crippen LogP contribution < -0.4 is 4.90 Å². The van der Waals surface area contributed by atoms with Crippen LogP contribution in [-0.4, -0.2) is 40.4 Å². The quantitative estimate of drug-likeness (QED) is 0.819. The molecule has 10 heteroatoms. The Labute approximate surface area is 120 Å². The number of aromatic amines is 1. The van der Waals surface area contributed by atoms with Gasteiger partial charge in [0.25, 0.3) is 0 Å². The average Bonchev–Trinajstić information content (AvgIpc) is 3.04. The maximum absolute atomic E-state index is 13.1. The Morgan fingerprint density at radius 2 is 1.77 bits per heavy atom. The number of nitrogens with zero attached hydrogens (tertiary/aromatic N) is 3. The summed E-state index contributed by atoms with van der Waals surface area (Å²) in [7, 11) is 0. The number of halogens is 6. The molecule has 0 aliphatic carbocycles. The molecule has 22 heavy (non-hydrogen) atoms. The fourth-order valence-electron chi connectivity index (χ4n) is 2.72. The fraction of sp³-hybridized carbons (Fsp3) is 0.500. The van der Waals surface area contributed by atoms with E-state index < -0.39 is 30.7 Å². The second-order valence-corrected chi connectivity index (χ2v) is 5.19. The molecule has 0 atom stereocenters. The van der Waals surface area contributed by atoms with Crippen molar-refractivity contribution in [2.24, 2.45) is 5.41 Å². The maximum atomic E-state index is 13.1. The lowest BCUT2D eigenvalue weighted by molar-refractivity contribution is -0.332. The Hall–Kier alpha value is -2.00. The fourth-order valence-corrected chi connectivity index (χ4v) is 2.72. The standard InChI is InChI=1S/C12H10F6N4/c13-11(14,15)10(12(16,17)18)2-4-22(5-10)9-7-1-3-19-8(7)20-6-21-9/h1,3,6H,2,4-5H2,(H,19,20,21). The largest absolute Gasteiger partial charge is 0.404 e. The van der Waals surface area contributed by atoms with Crippen LogP contribution in [0.3, 0.4) is 0 Å². The van der Waals surface area contributed by atoms with Gasteiger partial charge in [0.2, 0.25) is 0 Å². The van der Waals surface area contributed by atoms with E-state index in [0.29, 0.717) is 11.0 Å². The van der Waals surface area contributed by atoms with Gasteiger partial charge in [-0.15, -0.1) is 0 Å². The molecule has 0 bridgehead atoms. The van der Waals surface area contributed by atoms with Crippen molar-refractivity contribution in [2.45, 2.75) is 18.8 Å². The van der Waals surface area contributed by atoms with Crippen molar-refractivity contribution < 1.29 is 26.3 Å². The van der Waals surface area contributed by atoms with Gasteiger partial charge in [0.05, 0.1) is 5.39 Å². The van der Waals surface area contributed by atoms with E-state index in [9.17, 15) is 26.3 Å². The minimum atomic E-state index is -5.37. The van der Waals surface area contributed by atoms with Crippen LogP contribution in [-0.2, 0) is 0 Å².